The molecule has 3 rings (SSSR count). The lowest BCUT2D eigenvalue weighted by molar-refractivity contribution is 0.340. The molecule has 0 fully saturated rings. The minimum absolute atomic E-state index is 0.451. The van der Waals surface area contributed by atoms with E-state index in [-0.39, 0.29) is 0 Å². The van der Waals surface area contributed by atoms with Gasteiger partial charge in [0.2, 0.25) is 0 Å². The molecule has 0 atom stereocenters. The summed E-state index contributed by atoms with van der Waals surface area (Å²) in [4.78, 5) is 7.77. The van der Waals surface area contributed by atoms with Gasteiger partial charge in [-0.25, -0.2) is 4.98 Å². The molecule has 1 aromatic heterocycles. The van der Waals surface area contributed by atoms with Gasteiger partial charge < -0.3 is 9.72 Å². The summed E-state index contributed by atoms with van der Waals surface area (Å²) in [6.07, 6.45) is 1.76. The lowest BCUT2D eigenvalue weighted by Gasteiger charge is -2.06. The molecule has 0 spiro atoms. The number of fused-ring (bicyclic) bond motifs is 1. The smallest absolute Gasteiger partial charge is 0.149 e. The summed E-state index contributed by atoms with van der Waals surface area (Å²) in [6, 6.07) is 11.7. The lowest BCUT2D eigenvalue weighted by atomic mass is 10.1. The van der Waals surface area contributed by atoms with E-state index < -0.39 is 0 Å². The van der Waals surface area contributed by atoms with Gasteiger partial charge in [0.25, 0.3) is 0 Å². The summed E-state index contributed by atoms with van der Waals surface area (Å²) in [5.41, 5.74) is 5.40. The Morgan fingerprint density at radius 3 is 2.72 bits per heavy atom. The average Bonchev–Trinajstić information content (AvgIpc) is 2.98. The zero-order chi connectivity index (χ0) is 18.0. The Bertz CT molecular complexity index is 973. The molecule has 1 N–H and O–H groups in total. The van der Waals surface area contributed by atoms with Crippen LogP contribution in [0.5, 0.6) is 5.75 Å². The first-order chi connectivity index (χ1) is 12.0. The van der Waals surface area contributed by atoms with Crippen molar-refractivity contribution in [3.8, 4) is 11.8 Å². The topological polar surface area (TPSA) is 61.7 Å². The number of nitriles is 1. The van der Waals surface area contributed by atoms with Crippen molar-refractivity contribution >= 4 is 34.3 Å². The van der Waals surface area contributed by atoms with Gasteiger partial charge in [0.1, 0.15) is 17.6 Å². The highest BCUT2D eigenvalue weighted by Crippen LogP contribution is 2.28. The van der Waals surface area contributed by atoms with E-state index in [2.05, 4.69) is 23.0 Å². The summed E-state index contributed by atoms with van der Waals surface area (Å²) < 4.78 is 5.43. The number of ether oxygens (including phenoxy) is 1. The molecule has 0 aliphatic heterocycles. The van der Waals surface area contributed by atoms with Crippen LogP contribution >= 0.6 is 11.6 Å². The summed E-state index contributed by atoms with van der Waals surface area (Å²) in [6.45, 7) is 6.56. The van der Waals surface area contributed by atoms with Crippen molar-refractivity contribution in [2.75, 3.05) is 6.61 Å². The molecular weight excluding hydrogens is 334 g/mol. The molecule has 3 aromatic rings. The Balaban J connectivity index is 2.01. The average molecular weight is 352 g/mol. The molecule has 1 heterocycles. The van der Waals surface area contributed by atoms with Crippen molar-refractivity contribution in [2.45, 2.75) is 20.8 Å². The Hall–Kier alpha value is -2.77. The summed E-state index contributed by atoms with van der Waals surface area (Å²) >= 11 is 6.22. The van der Waals surface area contributed by atoms with Gasteiger partial charge in [-0.3, -0.25) is 0 Å². The van der Waals surface area contributed by atoms with Gasteiger partial charge in [0.05, 0.1) is 28.2 Å². The SMILES string of the molecule is CCOc1ccc(/C=C(/C#N)c2nc3cc(C)c(C)cc3[nH]2)cc1Cl. The number of hydrogen-bond donors (Lipinski definition) is 1. The van der Waals surface area contributed by atoms with Crippen LogP contribution in [0.3, 0.4) is 0 Å². The predicted molar refractivity (Wildman–Crippen MR) is 102 cm³/mol. The summed E-state index contributed by atoms with van der Waals surface area (Å²) in [5, 5.41) is 10.1. The first-order valence-corrected chi connectivity index (χ1v) is 8.41. The number of halogens is 1. The van der Waals surface area contributed by atoms with Gasteiger partial charge in [-0.15, -0.1) is 0 Å². The number of rotatable bonds is 4. The standard InChI is InChI=1S/C20H18ClN3O/c1-4-25-19-6-5-14(10-16(19)21)9-15(11-22)20-23-17-7-12(2)13(3)8-18(17)24-20/h5-10H,4H2,1-3H3,(H,23,24)/b15-9-. The lowest BCUT2D eigenvalue weighted by Crippen LogP contribution is -1.92. The highest BCUT2D eigenvalue weighted by molar-refractivity contribution is 6.32. The van der Waals surface area contributed by atoms with Crippen LogP contribution in [0, 0.1) is 25.2 Å². The first kappa shape index (κ1) is 17.1. The van der Waals surface area contributed by atoms with Crippen LogP contribution in [-0.2, 0) is 0 Å². The second-order valence-corrected chi connectivity index (χ2v) is 6.24. The molecule has 0 radical (unpaired) electrons. The zero-order valence-corrected chi connectivity index (χ0v) is 15.1. The van der Waals surface area contributed by atoms with Crippen LogP contribution in [0.25, 0.3) is 22.7 Å². The van der Waals surface area contributed by atoms with E-state index in [9.17, 15) is 5.26 Å². The molecule has 0 saturated carbocycles. The van der Waals surface area contributed by atoms with E-state index in [1.54, 1.807) is 18.2 Å². The van der Waals surface area contributed by atoms with Crippen molar-refractivity contribution in [2.24, 2.45) is 0 Å². The van der Waals surface area contributed by atoms with Gasteiger partial charge in [0, 0.05) is 0 Å². The number of nitrogens with zero attached hydrogens (tertiary/aromatic N) is 2. The Kier molecular flexibility index (Phi) is 4.78. The van der Waals surface area contributed by atoms with Gasteiger partial charge in [0.15, 0.2) is 0 Å². The van der Waals surface area contributed by atoms with Gasteiger partial charge >= 0.3 is 0 Å². The Morgan fingerprint density at radius 1 is 1.28 bits per heavy atom. The third-order valence-corrected chi connectivity index (χ3v) is 4.34. The number of nitrogens with one attached hydrogen (secondary N) is 1. The quantitative estimate of drug-likeness (QED) is 0.649. The van der Waals surface area contributed by atoms with E-state index in [1.807, 2.05) is 32.0 Å². The number of aromatic amines is 1. The molecule has 0 bridgehead atoms. The van der Waals surface area contributed by atoms with Crippen molar-refractivity contribution in [3.05, 3.63) is 57.9 Å². The van der Waals surface area contributed by atoms with Crippen molar-refractivity contribution in [3.63, 3.8) is 0 Å². The molecule has 0 amide bonds. The fourth-order valence-electron chi connectivity index (χ4n) is 2.60. The van der Waals surface area contributed by atoms with E-state index in [4.69, 9.17) is 16.3 Å². The van der Waals surface area contributed by atoms with Crippen LogP contribution in [0.4, 0.5) is 0 Å². The number of H-pyrrole nitrogens is 1. The van der Waals surface area contributed by atoms with Crippen molar-refractivity contribution in [1.29, 1.82) is 5.26 Å². The molecule has 0 aliphatic carbocycles. The van der Waals surface area contributed by atoms with Crippen LogP contribution in [0.1, 0.15) is 29.4 Å². The largest absolute Gasteiger partial charge is 0.492 e. The Labute approximate surface area is 151 Å². The molecule has 0 aliphatic rings. The summed E-state index contributed by atoms with van der Waals surface area (Å²) in [5.74, 6) is 1.18. The number of allylic oxidation sites excluding steroid dienone is 1. The number of benzene rings is 2. The van der Waals surface area contributed by atoms with Crippen LogP contribution in [-0.4, -0.2) is 16.6 Å². The normalized spacial score (nSPS) is 11.6. The fraction of sp³-hybridized carbons (Fsp3) is 0.200. The van der Waals surface area contributed by atoms with Gasteiger partial charge in [-0.2, -0.15) is 5.26 Å². The third kappa shape index (κ3) is 3.52. The maximum atomic E-state index is 9.55. The first-order valence-electron chi connectivity index (χ1n) is 8.03. The van der Waals surface area contributed by atoms with Crippen LogP contribution in [0.2, 0.25) is 5.02 Å². The maximum absolute atomic E-state index is 9.55. The molecule has 0 unspecified atom stereocenters. The number of imidazole rings is 1. The van der Waals surface area contributed by atoms with Crippen LogP contribution < -0.4 is 4.74 Å². The number of hydrogen-bond acceptors (Lipinski definition) is 3. The maximum Gasteiger partial charge on any atom is 0.149 e. The highest BCUT2D eigenvalue weighted by Gasteiger charge is 2.10. The van der Waals surface area contributed by atoms with E-state index >= 15 is 0 Å². The minimum Gasteiger partial charge on any atom is -0.492 e. The molecule has 25 heavy (non-hydrogen) atoms. The molecule has 2 aromatic carbocycles. The van der Waals surface area contributed by atoms with Gasteiger partial charge in [-0.05, 0) is 67.8 Å². The Morgan fingerprint density at radius 2 is 2.04 bits per heavy atom. The molecule has 0 saturated heterocycles. The molecular formula is C20H18ClN3O. The number of aromatic nitrogens is 2. The molecule has 126 valence electrons. The fourth-order valence-corrected chi connectivity index (χ4v) is 2.84. The second-order valence-electron chi connectivity index (χ2n) is 5.83. The monoisotopic (exact) mass is 351 g/mol. The second kappa shape index (κ2) is 7.00. The van der Waals surface area contributed by atoms with Crippen LogP contribution in [0.15, 0.2) is 30.3 Å². The van der Waals surface area contributed by atoms with E-state index in [0.29, 0.717) is 28.8 Å². The highest BCUT2D eigenvalue weighted by atomic mass is 35.5. The summed E-state index contributed by atoms with van der Waals surface area (Å²) in [7, 11) is 0. The third-order valence-electron chi connectivity index (χ3n) is 4.04. The number of aryl methyl sites for hydroxylation is 2. The van der Waals surface area contributed by atoms with Crippen molar-refractivity contribution in [1.82, 2.24) is 9.97 Å². The molecule has 4 nitrogen and oxygen atoms in total. The zero-order valence-electron chi connectivity index (χ0n) is 14.4. The van der Waals surface area contributed by atoms with Gasteiger partial charge in [-0.1, -0.05) is 17.7 Å². The predicted octanol–water partition coefficient (Wildman–Crippen LogP) is 5.30. The minimum atomic E-state index is 0.451. The van der Waals surface area contributed by atoms with E-state index in [0.717, 1.165) is 16.6 Å². The van der Waals surface area contributed by atoms with E-state index in [1.165, 1.54) is 11.1 Å². The van der Waals surface area contributed by atoms with Crippen molar-refractivity contribution < 1.29 is 4.74 Å². The molecule has 5 heteroatoms.